The van der Waals surface area contributed by atoms with Gasteiger partial charge in [0.15, 0.2) is 0 Å². The van der Waals surface area contributed by atoms with Crippen LogP contribution in [0.25, 0.3) is 121 Å². The minimum Gasteiger partial charge on any atom is -0.456 e. The zero-order valence-corrected chi connectivity index (χ0v) is 31.7. The van der Waals surface area contributed by atoms with Crippen molar-refractivity contribution in [1.82, 2.24) is 19.1 Å². The molecule has 0 bridgehead atoms. The molecule has 0 radical (unpaired) electrons. The predicted molar refractivity (Wildman–Crippen MR) is 244 cm³/mol. The van der Waals surface area contributed by atoms with Gasteiger partial charge in [-0.2, -0.15) is 0 Å². The molecule has 13 aromatic rings. The van der Waals surface area contributed by atoms with Gasteiger partial charge in [-0.3, -0.25) is 4.57 Å². The van der Waals surface area contributed by atoms with E-state index in [1.165, 1.54) is 21.9 Å². The maximum absolute atomic E-state index is 6.55. The van der Waals surface area contributed by atoms with Crippen molar-refractivity contribution in [1.29, 1.82) is 0 Å². The average Bonchev–Trinajstić information content (AvgIpc) is 3.96. The van der Waals surface area contributed by atoms with Crippen LogP contribution in [0.4, 0.5) is 0 Å². The first-order chi connectivity index (χ1) is 29.3. The van der Waals surface area contributed by atoms with Crippen LogP contribution >= 0.6 is 0 Å². The van der Waals surface area contributed by atoms with E-state index in [1.54, 1.807) is 0 Å². The summed E-state index contributed by atoms with van der Waals surface area (Å²) in [4.78, 5) is 10.9. The fourth-order valence-electron chi connectivity index (χ4n) is 9.55. The van der Waals surface area contributed by atoms with Crippen LogP contribution in [-0.4, -0.2) is 19.1 Å². The van der Waals surface area contributed by atoms with Crippen LogP contribution in [0.3, 0.4) is 0 Å². The summed E-state index contributed by atoms with van der Waals surface area (Å²) in [6, 6.07) is 68.8. The Labute approximate surface area is 337 Å². The smallest absolute Gasteiger partial charge is 0.235 e. The summed E-state index contributed by atoms with van der Waals surface area (Å²) in [5.74, 6) is 0.630. The quantitative estimate of drug-likeness (QED) is 0.180. The van der Waals surface area contributed by atoms with E-state index in [0.29, 0.717) is 5.95 Å². The van der Waals surface area contributed by atoms with Gasteiger partial charge in [-0.15, -0.1) is 0 Å². The van der Waals surface area contributed by atoms with Crippen molar-refractivity contribution >= 4 is 87.2 Å². The van der Waals surface area contributed by atoms with Gasteiger partial charge in [-0.25, -0.2) is 9.97 Å². The molecule has 0 saturated heterocycles. The molecule has 5 nitrogen and oxygen atoms in total. The summed E-state index contributed by atoms with van der Waals surface area (Å²) in [7, 11) is 0. The molecule has 4 heterocycles. The molecule has 0 atom stereocenters. The number of aromatic nitrogens is 4. The molecule has 0 aliphatic rings. The summed E-state index contributed by atoms with van der Waals surface area (Å²) in [6.45, 7) is 0. The lowest BCUT2D eigenvalue weighted by Gasteiger charge is -2.13. The second-order valence-corrected chi connectivity index (χ2v) is 15.3. The zero-order valence-electron chi connectivity index (χ0n) is 31.7. The van der Waals surface area contributed by atoms with Crippen molar-refractivity contribution in [2.75, 3.05) is 0 Å². The van der Waals surface area contributed by atoms with E-state index in [-0.39, 0.29) is 0 Å². The fourth-order valence-corrected chi connectivity index (χ4v) is 9.55. The topological polar surface area (TPSA) is 48.8 Å². The number of para-hydroxylation sites is 3. The number of furan rings is 1. The van der Waals surface area contributed by atoms with Crippen molar-refractivity contribution in [3.8, 4) is 34.0 Å². The normalized spacial score (nSPS) is 12.1. The largest absolute Gasteiger partial charge is 0.456 e. The monoisotopic (exact) mass is 752 g/mol. The number of hydrogen-bond acceptors (Lipinski definition) is 3. The van der Waals surface area contributed by atoms with Gasteiger partial charge in [-0.1, -0.05) is 152 Å². The molecule has 0 unspecified atom stereocenters. The molecule has 4 aromatic heterocycles. The number of benzene rings is 9. The first-order valence-corrected chi connectivity index (χ1v) is 20.0. The number of hydrogen-bond donors (Lipinski definition) is 0. The molecule has 0 aliphatic heterocycles. The maximum atomic E-state index is 6.55. The Morgan fingerprint density at radius 3 is 1.90 bits per heavy atom. The fraction of sp³-hybridized carbons (Fsp3) is 0. The lowest BCUT2D eigenvalue weighted by molar-refractivity contribution is 0.669. The van der Waals surface area contributed by atoms with Crippen molar-refractivity contribution in [3.05, 3.63) is 194 Å². The van der Waals surface area contributed by atoms with E-state index >= 15 is 0 Å². The van der Waals surface area contributed by atoms with Crippen LogP contribution in [0.15, 0.2) is 199 Å². The Morgan fingerprint density at radius 1 is 0.356 bits per heavy atom. The van der Waals surface area contributed by atoms with Gasteiger partial charge in [0, 0.05) is 43.3 Å². The van der Waals surface area contributed by atoms with E-state index < -0.39 is 0 Å². The highest BCUT2D eigenvalue weighted by molar-refractivity contribution is 6.31. The van der Waals surface area contributed by atoms with E-state index in [9.17, 15) is 0 Å². The molecule has 0 saturated carbocycles. The van der Waals surface area contributed by atoms with Crippen LogP contribution < -0.4 is 0 Å². The van der Waals surface area contributed by atoms with E-state index in [1.807, 2.05) is 6.07 Å². The van der Waals surface area contributed by atoms with Crippen LogP contribution in [0.2, 0.25) is 0 Å². The standard InChI is InChI=1S/C54H32N4O/c1-2-13-33(14-3-1)34-25-27-36(28-26-34)51-40-19-6-9-21-43(40)55-54(56-51)58-45-22-10-7-18-38(45)39-29-31-46-49(52(39)58)42-30-32-48-50(41-20-8-11-24-47(41)59-48)53(42)57(46)44-23-12-16-35-15-4-5-17-37(35)44/h1-32H. The van der Waals surface area contributed by atoms with Crippen molar-refractivity contribution in [2.24, 2.45) is 0 Å². The third-order valence-corrected chi connectivity index (χ3v) is 12.1. The third-order valence-electron chi connectivity index (χ3n) is 12.1. The number of rotatable bonds is 4. The van der Waals surface area contributed by atoms with E-state index in [4.69, 9.17) is 14.4 Å². The Kier molecular flexibility index (Phi) is 6.66. The van der Waals surface area contributed by atoms with Crippen LogP contribution in [0.1, 0.15) is 0 Å². The number of nitrogens with zero attached hydrogens (tertiary/aromatic N) is 4. The molecule has 9 aromatic carbocycles. The van der Waals surface area contributed by atoms with Gasteiger partial charge in [-0.05, 0) is 59.0 Å². The maximum Gasteiger partial charge on any atom is 0.235 e. The summed E-state index contributed by atoms with van der Waals surface area (Å²) in [5.41, 5.74) is 12.4. The van der Waals surface area contributed by atoms with Crippen molar-refractivity contribution < 1.29 is 4.42 Å². The first-order valence-electron chi connectivity index (χ1n) is 20.0. The molecule has 274 valence electrons. The summed E-state index contributed by atoms with van der Waals surface area (Å²) in [6.07, 6.45) is 0. The zero-order chi connectivity index (χ0) is 38.6. The average molecular weight is 753 g/mol. The molecule has 13 rings (SSSR count). The van der Waals surface area contributed by atoms with Gasteiger partial charge in [0.1, 0.15) is 11.2 Å². The molecule has 0 amide bonds. The van der Waals surface area contributed by atoms with Crippen LogP contribution in [-0.2, 0) is 0 Å². The van der Waals surface area contributed by atoms with Crippen molar-refractivity contribution in [2.45, 2.75) is 0 Å². The van der Waals surface area contributed by atoms with E-state index in [0.717, 1.165) is 93.4 Å². The minimum absolute atomic E-state index is 0.630. The second-order valence-electron chi connectivity index (χ2n) is 15.3. The number of fused-ring (bicyclic) bond motifs is 13. The summed E-state index contributed by atoms with van der Waals surface area (Å²) in [5, 5.41) is 10.1. The lowest BCUT2D eigenvalue weighted by atomic mass is 10.0. The molecule has 59 heavy (non-hydrogen) atoms. The Morgan fingerprint density at radius 2 is 1.02 bits per heavy atom. The van der Waals surface area contributed by atoms with Gasteiger partial charge < -0.3 is 8.98 Å². The third kappa shape index (κ3) is 4.61. The Bertz CT molecular complexity index is 3830. The highest BCUT2D eigenvalue weighted by Crippen LogP contribution is 2.46. The molecule has 0 aliphatic carbocycles. The highest BCUT2D eigenvalue weighted by atomic mass is 16.3. The summed E-state index contributed by atoms with van der Waals surface area (Å²) < 4.78 is 11.3. The molecule has 0 spiro atoms. The minimum atomic E-state index is 0.630. The highest BCUT2D eigenvalue weighted by Gasteiger charge is 2.25. The van der Waals surface area contributed by atoms with Gasteiger partial charge in [0.2, 0.25) is 5.95 Å². The Balaban J connectivity index is 1.18. The SMILES string of the molecule is c1ccc(-c2ccc(-c3nc(-n4c5ccccc5c5ccc6c(c7ccc8oc9ccccc9c8c7n6-c6cccc7ccccc67)c54)nc4ccccc34)cc2)cc1. The van der Waals surface area contributed by atoms with Crippen LogP contribution in [0, 0.1) is 0 Å². The molecule has 5 heteroatoms. The molecule has 0 N–H and O–H groups in total. The molecular formula is C54H32N4O. The Hall–Kier alpha value is -8.02. The van der Waals surface area contributed by atoms with Gasteiger partial charge >= 0.3 is 0 Å². The second kappa shape index (κ2) is 12.2. The lowest BCUT2D eigenvalue weighted by Crippen LogP contribution is -2.03. The first kappa shape index (κ1) is 32.1. The van der Waals surface area contributed by atoms with Crippen molar-refractivity contribution in [3.63, 3.8) is 0 Å². The predicted octanol–water partition coefficient (Wildman–Crippen LogP) is 14.2. The molecule has 0 fully saturated rings. The molecular weight excluding hydrogens is 721 g/mol. The summed E-state index contributed by atoms with van der Waals surface area (Å²) >= 11 is 0. The van der Waals surface area contributed by atoms with E-state index in [2.05, 4.69) is 197 Å². The van der Waals surface area contributed by atoms with Crippen LogP contribution in [0.5, 0.6) is 0 Å². The van der Waals surface area contributed by atoms with Gasteiger partial charge in [0.25, 0.3) is 0 Å². The van der Waals surface area contributed by atoms with Gasteiger partial charge in [0.05, 0.1) is 44.4 Å².